The summed E-state index contributed by atoms with van der Waals surface area (Å²) >= 11 is 0. The number of hydrogen-bond acceptors (Lipinski definition) is 3. The van der Waals surface area contributed by atoms with Crippen LogP contribution in [0.15, 0.2) is 53.6 Å². The molecule has 0 spiro atoms. The highest BCUT2D eigenvalue weighted by molar-refractivity contribution is 7.92. The second-order valence-electron chi connectivity index (χ2n) is 6.19. The van der Waals surface area contributed by atoms with E-state index in [9.17, 15) is 8.42 Å². The molecule has 0 amide bonds. The molecule has 0 saturated carbocycles. The first-order chi connectivity index (χ1) is 11.6. The molecule has 1 heterocycles. The van der Waals surface area contributed by atoms with Gasteiger partial charge in [0.1, 0.15) is 5.82 Å². The molecule has 3 aromatic rings. The van der Waals surface area contributed by atoms with Gasteiger partial charge in [0, 0.05) is 6.20 Å². The van der Waals surface area contributed by atoms with E-state index in [-0.39, 0.29) is 0 Å². The molecule has 0 unspecified atom stereocenters. The number of nitrogens with zero attached hydrogens (tertiary/aromatic N) is 1. The van der Waals surface area contributed by atoms with Gasteiger partial charge in [-0.1, -0.05) is 30.3 Å². The molecule has 1 aliphatic carbocycles. The predicted octanol–water partition coefficient (Wildman–Crippen LogP) is 3.83. The summed E-state index contributed by atoms with van der Waals surface area (Å²) in [4.78, 5) is 4.52. The lowest BCUT2D eigenvalue weighted by atomic mass is 9.89. The molecular formula is C19H18N2O2S. The highest BCUT2D eigenvalue weighted by Crippen LogP contribution is 2.34. The summed E-state index contributed by atoms with van der Waals surface area (Å²) in [6, 6.07) is 13.4. The molecule has 4 rings (SSSR count). The second-order valence-corrected chi connectivity index (χ2v) is 7.84. The van der Waals surface area contributed by atoms with Crippen LogP contribution in [0, 0.1) is 6.92 Å². The average Bonchev–Trinajstić information content (AvgIpc) is 2.57. The first kappa shape index (κ1) is 15.1. The van der Waals surface area contributed by atoms with Crippen molar-refractivity contribution in [3.8, 4) is 0 Å². The fraction of sp³-hybridized carbons (Fsp3) is 0.211. The third-order valence-electron chi connectivity index (χ3n) is 4.60. The fourth-order valence-electron chi connectivity index (χ4n) is 3.45. The third kappa shape index (κ3) is 2.45. The number of anilines is 1. The molecule has 0 bridgehead atoms. The Labute approximate surface area is 141 Å². The number of pyridine rings is 1. The van der Waals surface area contributed by atoms with Crippen LogP contribution in [-0.2, 0) is 22.9 Å². The summed E-state index contributed by atoms with van der Waals surface area (Å²) in [5, 5.41) is 2.21. The fourth-order valence-corrected chi connectivity index (χ4v) is 4.81. The summed E-state index contributed by atoms with van der Waals surface area (Å²) in [6.45, 7) is 1.84. The number of nitrogens with one attached hydrogen (secondary N) is 1. The molecule has 122 valence electrons. The summed E-state index contributed by atoms with van der Waals surface area (Å²) < 4.78 is 28.6. The molecule has 1 aromatic heterocycles. The minimum absolute atomic E-state index is 0.368. The largest absolute Gasteiger partial charge is 0.263 e. The smallest absolute Gasteiger partial charge is 0.263 e. The van der Waals surface area contributed by atoms with Gasteiger partial charge in [-0.25, -0.2) is 13.4 Å². The van der Waals surface area contributed by atoms with Crippen molar-refractivity contribution in [1.82, 2.24) is 4.98 Å². The molecule has 0 fully saturated rings. The van der Waals surface area contributed by atoms with E-state index in [2.05, 4.69) is 15.8 Å². The predicted molar refractivity (Wildman–Crippen MR) is 95.8 cm³/mol. The summed E-state index contributed by atoms with van der Waals surface area (Å²) in [6.07, 6.45) is 4.35. The van der Waals surface area contributed by atoms with Crippen LogP contribution in [0.2, 0.25) is 0 Å². The third-order valence-corrected chi connectivity index (χ3v) is 6.02. The lowest BCUT2D eigenvalue weighted by Crippen LogP contribution is -2.18. The van der Waals surface area contributed by atoms with Crippen LogP contribution in [0.4, 0.5) is 5.82 Å². The number of sulfonamides is 1. The second kappa shape index (κ2) is 5.60. The molecule has 1 aliphatic rings. The maximum atomic E-state index is 13.0. The van der Waals surface area contributed by atoms with E-state index in [1.165, 1.54) is 5.56 Å². The Kier molecular flexibility index (Phi) is 3.53. The van der Waals surface area contributed by atoms with Crippen LogP contribution in [0.5, 0.6) is 0 Å². The monoisotopic (exact) mass is 338 g/mol. The molecular weight excluding hydrogens is 320 g/mol. The molecule has 4 nitrogen and oxygen atoms in total. The molecule has 24 heavy (non-hydrogen) atoms. The van der Waals surface area contributed by atoms with Crippen molar-refractivity contribution < 1.29 is 8.42 Å². The maximum absolute atomic E-state index is 13.0. The Bertz CT molecular complexity index is 1040. The Balaban J connectivity index is 1.88. The number of aryl methyl sites for hydroxylation is 3. The number of aromatic nitrogens is 1. The topological polar surface area (TPSA) is 59.1 Å². The molecule has 0 radical (unpaired) electrons. The van der Waals surface area contributed by atoms with Crippen molar-refractivity contribution in [3.05, 3.63) is 65.4 Å². The highest BCUT2D eigenvalue weighted by atomic mass is 32.2. The standard InChI is InChI=1S/C19H18N2O2S/c1-13-5-4-12-20-19(13)21-24(22,23)17-11-10-15-7-2-6-14-8-3-9-16(17)18(14)15/h2,4-7,10-12H,3,8-9H2,1H3,(H,20,21). The number of hydrogen-bond donors (Lipinski definition) is 1. The van der Waals surface area contributed by atoms with Gasteiger partial charge in [0.05, 0.1) is 4.90 Å². The van der Waals surface area contributed by atoms with Crippen molar-refractivity contribution in [2.45, 2.75) is 31.1 Å². The van der Waals surface area contributed by atoms with Gasteiger partial charge in [-0.15, -0.1) is 0 Å². The van der Waals surface area contributed by atoms with Crippen molar-refractivity contribution >= 4 is 26.6 Å². The van der Waals surface area contributed by atoms with E-state index in [0.29, 0.717) is 10.7 Å². The van der Waals surface area contributed by atoms with E-state index < -0.39 is 10.0 Å². The quantitative estimate of drug-likeness (QED) is 0.789. The van der Waals surface area contributed by atoms with Crippen LogP contribution in [0.1, 0.15) is 23.1 Å². The van der Waals surface area contributed by atoms with Crippen LogP contribution in [0.3, 0.4) is 0 Å². The first-order valence-corrected chi connectivity index (χ1v) is 9.52. The minimum atomic E-state index is -3.67. The molecule has 0 saturated heterocycles. The van der Waals surface area contributed by atoms with Crippen LogP contribution in [-0.4, -0.2) is 13.4 Å². The molecule has 2 aromatic carbocycles. The summed E-state index contributed by atoms with van der Waals surface area (Å²) in [5.41, 5.74) is 2.96. The van der Waals surface area contributed by atoms with Gasteiger partial charge in [0.15, 0.2) is 0 Å². The number of rotatable bonds is 3. The highest BCUT2D eigenvalue weighted by Gasteiger charge is 2.24. The van der Waals surface area contributed by atoms with Gasteiger partial charge in [-0.2, -0.15) is 0 Å². The van der Waals surface area contributed by atoms with Crippen molar-refractivity contribution in [1.29, 1.82) is 0 Å². The van der Waals surface area contributed by atoms with Gasteiger partial charge >= 0.3 is 0 Å². The van der Waals surface area contributed by atoms with E-state index >= 15 is 0 Å². The number of benzene rings is 2. The van der Waals surface area contributed by atoms with Crippen LogP contribution >= 0.6 is 0 Å². The van der Waals surface area contributed by atoms with E-state index in [1.54, 1.807) is 18.3 Å². The van der Waals surface area contributed by atoms with Gasteiger partial charge in [-0.05, 0) is 65.8 Å². The normalized spacial score (nSPS) is 13.9. The first-order valence-electron chi connectivity index (χ1n) is 8.04. The van der Waals surface area contributed by atoms with Crippen LogP contribution < -0.4 is 4.72 Å². The van der Waals surface area contributed by atoms with Gasteiger partial charge in [-0.3, -0.25) is 4.72 Å². The van der Waals surface area contributed by atoms with E-state index in [1.807, 2.05) is 31.2 Å². The zero-order valence-corrected chi connectivity index (χ0v) is 14.2. The molecule has 0 aliphatic heterocycles. The Morgan fingerprint density at radius 1 is 1.04 bits per heavy atom. The average molecular weight is 338 g/mol. The molecule has 5 heteroatoms. The van der Waals surface area contributed by atoms with Gasteiger partial charge in [0.2, 0.25) is 0 Å². The van der Waals surface area contributed by atoms with Crippen molar-refractivity contribution in [2.75, 3.05) is 4.72 Å². The summed E-state index contributed by atoms with van der Waals surface area (Å²) in [5.74, 6) is 0.383. The Morgan fingerprint density at radius 3 is 2.75 bits per heavy atom. The Morgan fingerprint density at radius 2 is 1.92 bits per heavy atom. The lowest BCUT2D eigenvalue weighted by molar-refractivity contribution is 0.599. The van der Waals surface area contributed by atoms with Crippen LogP contribution in [0.25, 0.3) is 10.8 Å². The van der Waals surface area contributed by atoms with E-state index in [4.69, 9.17) is 0 Å². The van der Waals surface area contributed by atoms with Gasteiger partial charge < -0.3 is 0 Å². The van der Waals surface area contributed by atoms with Crippen molar-refractivity contribution in [2.24, 2.45) is 0 Å². The summed E-state index contributed by atoms with van der Waals surface area (Å²) in [7, 11) is -3.67. The SMILES string of the molecule is Cc1cccnc1NS(=O)(=O)c1ccc2cccc3c2c1CCC3. The molecule has 1 N–H and O–H groups in total. The maximum Gasteiger partial charge on any atom is 0.263 e. The van der Waals surface area contributed by atoms with Gasteiger partial charge in [0.25, 0.3) is 10.0 Å². The van der Waals surface area contributed by atoms with E-state index in [0.717, 1.165) is 41.2 Å². The Hall–Kier alpha value is -2.40. The lowest BCUT2D eigenvalue weighted by Gasteiger charge is -2.21. The van der Waals surface area contributed by atoms with Crippen molar-refractivity contribution in [3.63, 3.8) is 0 Å². The minimum Gasteiger partial charge on any atom is -0.263 e. The zero-order chi connectivity index (χ0) is 16.7. The molecule has 0 atom stereocenters. The zero-order valence-electron chi connectivity index (χ0n) is 13.4.